The third-order valence-electron chi connectivity index (χ3n) is 8.71. The molecule has 2 heterocycles. The Morgan fingerprint density at radius 2 is 1.64 bits per heavy atom. The van der Waals surface area contributed by atoms with Crippen LogP contribution in [0.25, 0.3) is 11.1 Å². The van der Waals surface area contributed by atoms with E-state index in [4.69, 9.17) is 9.47 Å². The maximum atomic E-state index is 14.0. The summed E-state index contributed by atoms with van der Waals surface area (Å²) in [5, 5.41) is 17.5. The van der Waals surface area contributed by atoms with Crippen LogP contribution in [0.1, 0.15) is 43.2 Å². The number of morpholine rings is 1. The van der Waals surface area contributed by atoms with Gasteiger partial charge in [0.15, 0.2) is 0 Å². The van der Waals surface area contributed by atoms with E-state index in [1.807, 2.05) is 0 Å². The van der Waals surface area contributed by atoms with E-state index in [2.05, 4.69) is 16.0 Å². The first-order chi connectivity index (χ1) is 24.0. The van der Waals surface area contributed by atoms with Gasteiger partial charge in [0, 0.05) is 19.6 Å². The zero-order valence-corrected chi connectivity index (χ0v) is 27.4. The molecule has 2 saturated heterocycles. The van der Waals surface area contributed by atoms with Crippen molar-refractivity contribution in [3.05, 3.63) is 59.7 Å². The molecule has 50 heavy (non-hydrogen) atoms. The lowest BCUT2D eigenvalue weighted by Crippen LogP contribution is -2.53. The number of carbonyl (C=O) groups is 5. The Balaban J connectivity index is 1.59. The normalized spacial score (nSPS) is 21.4. The van der Waals surface area contributed by atoms with E-state index in [0.717, 1.165) is 6.07 Å². The van der Waals surface area contributed by atoms with E-state index in [1.54, 1.807) is 22.5 Å². The standard InChI is InChI=1S/C34H42F3N5O8/c35-34(36,37)27-8-2-1-6-24(27)23-12-10-22(11-13-23)20-26-25(31(45)41-48)7-5-17-50-33(47)38-14-4-3-9-28(40-30(26)44)32(46)39-21-29(43)42-15-18-49-19-16-42/h1-2,6,8,10-13,25-26,28,48H,3-5,7,9,14-21H2,(H,38,47)(H,39,46)(H,40,44)(H,41,45)/t25?,26-,28+/m1/s1. The molecule has 2 aliphatic rings. The van der Waals surface area contributed by atoms with Gasteiger partial charge in [-0.3, -0.25) is 24.4 Å². The highest BCUT2D eigenvalue weighted by Gasteiger charge is 2.36. The topological polar surface area (TPSA) is 175 Å². The van der Waals surface area contributed by atoms with Crippen LogP contribution in [0.15, 0.2) is 48.5 Å². The molecule has 272 valence electrons. The Bertz CT molecular complexity index is 1480. The van der Waals surface area contributed by atoms with Gasteiger partial charge in [-0.25, -0.2) is 10.3 Å². The second-order valence-electron chi connectivity index (χ2n) is 12.1. The number of cyclic esters (lactones) is 1. The minimum absolute atomic E-state index is 0.000282. The number of carbonyl (C=O) groups excluding carboxylic acids is 5. The summed E-state index contributed by atoms with van der Waals surface area (Å²) in [6.07, 6.45) is -4.21. The molecule has 0 radical (unpaired) electrons. The minimum atomic E-state index is -4.58. The van der Waals surface area contributed by atoms with E-state index in [1.165, 1.54) is 30.3 Å². The van der Waals surface area contributed by atoms with Crippen molar-refractivity contribution in [2.45, 2.75) is 50.7 Å². The highest BCUT2D eigenvalue weighted by atomic mass is 19.4. The number of amides is 5. The number of ether oxygens (including phenoxy) is 2. The summed E-state index contributed by atoms with van der Waals surface area (Å²) >= 11 is 0. The molecule has 0 spiro atoms. The lowest BCUT2D eigenvalue weighted by atomic mass is 9.82. The van der Waals surface area contributed by atoms with Gasteiger partial charge in [0.25, 0.3) is 0 Å². The molecule has 2 aromatic carbocycles. The highest BCUT2D eigenvalue weighted by Crippen LogP contribution is 2.37. The number of hydrogen-bond acceptors (Lipinski definition) is 8. The largest absolute Gasteiger partial charge is 0.450 e. The molecule has 0 aliphatic carbocycles. The third kappa shape index (κ3) is 10.9. The van der Waals surface area contributed by atoms with Gasteiger partial charge >= 0.3 is 12.3 Å². The van der Waals surface area contributed by atoms with Crippen molar-refractivity contribution in [3.63, 3.8) is 0 Å². The van der Waals surface area contributed by atoms with Crippen molar-refractivity contribution in [2.75, 3.05) is 46.0 Å². The molecule has 0 aromatic heterocycles. The Kier molecular flexibility index (Phi) is 14.0. The SMILES string of the molecule is O=C1NCCCC[C@@H](C(=O)NCC(=O)N2CCOCC2)NC(=O)[C@H](Cc2ccc(-c3ccccc3C(F)(F)F)cc2)C(C(=O)NO)CCCO1. The number of benzene rings is 2. The molecule has 2 aromatic rings. The fraction of sp³-hybridized carbons (Fsp3) is 0.500. The predicted octanol–water partition coefficient (Wildman–Crippen LogP) is 2.80. The van der Waals surface area contributed by atoms with E-state index in [-0.39, 0.29) is 62.4 Å². The zero-order valence-electron chi connectivity index (χ0n) is 27.4. The summed E-state index contributed by atoms with van der Waals surface area (Å²) in [6, 6.07) is 10.1. The summed E-state index contributed by atoms with van der Waals surface area (Å²) in [5.74, 6) is -4.83. The molecule has 4 rings (SSSR count). The number of alkyl halides is 3. The molecule has 13 nitrogen and oxygen atoms in total. The Hall–Kier alpha value is -4.70. The van der Waals surface area contributed by atoms with Crippen LogP contribution in [-0.4, -0.2) is 91.9 Å². The van der Waals surface area contributed by atoms with Gasteiger partial charge in [0.1, 0.15) is 6.04 Å². The molecule has 0 saturated carbocycles. The number of halogens is 3. The van der Waals surface area contributed by atoms with Gasteiger partial charge in [0.05, 0.1) is 43.8 Å². The predicted molar refractivity (Wildman–Crippen MR) is 172 cm³/mol. The molecule has 5 N–H and O–H groups in total. The fourth-order valence-electron chi connectivity index (χ4n) is 6.01. The fourth-order valence-corrected chi connectivity index (χ4v) is 6.01. The first-order valence-corrected chi connectivity index (χ1v) is 16.5. The van der Waals surface area contributed by atoms with E-state index in [9.17, 15) is 42.4 Å². The van der Waals surface area contributed by atoms with Crippen molar-refractivity contribution in [2.24, 2.45) is 11.8 Å². The lowest BCUT2D eigenvalue weighted by molar-refractivity contribution is -0.141. The summed E-state index contributed by atoms with van der Waals surface area (Å²) in [5.41, 5.74) is 1.55. The third-order valence-corrected chi connectivity index (χ3v) is 8.71. The molecule has 2 aliphatic heterocycles. The second-order valence-corrected chi connectivity index (χ2v) is 12.1. The second kappa shape index (κ2) is 18.3. The molecule has 2 fully saturated rings. The lowest BCUT2D eigenvalue weighted by Gasteiger charge is -2.28. The summed E-state index contributed by atoms with van der Waals surface area (Å²) in [6.45, 7) is 1.40. The monoisotopic (exact) mass is 705 g/mol. The van der Waals surface area contributed by atoms with Crippen molar-refractivity contribution in [1.82, 2.24) is 26.3 Å². The van der Waals surface area contributed by atoms with Crippen LogP contribution >= 0.6 is 0 Å². The molecule has 3 atom stereocenters. The van der Waals surface area contributed by atoms with Crippen LogP contribution in [0, 0.1) is 11.8 Å². The van der Waals surface area contributed by atoms with Gasteiger partial charge in [-0.1, -0.05) is 42.5 Å². The van der Waals surface area contributed by atoms with Crippen LogP contribution in [0.3, 0.4) is 0 Å². The molecule has 1 unspecified atom stereocenters. The summed E-state index contributed by atoms with van der Waals surface area (Å²) in [4.78, 5) is 66.7. The van der Waals surface area contributed by atoms with Crippen molar-refractivity contribution >= 4 is 29.7 Å². The van der Waals surface area contributed by atoms with E-state index < -0.39 is 53.4 Å². The summed E-state index contributed by atoms with van der Waals surface area (Å²) in [7, 11) is 0. The molecule has 16 heteroatoms. The average molecular weight is 706 g/mol. The number of rotatable bonds is 7. The number of hydroxylamine groups is 1. The Morgan fingerprint density at radius 1 is 0.920 bits per heavy atom. The van der Waals surface area contributed by atoms with Gasteiger partial charge in [0.2, 0.25) is 23.6 Å². The first-order valence-electron chi connectivity index (χ1n) is 16.5. The van der Waals surface area contributed by atoms with Crippen molar-refractivity contribution in [1.29, 1.82) is 0 Å². The maximum Gasteiger partial charge on any atom is 0.417 e. The number of hydrogen-bond donors (Lipinski definition) is 5. The molecule has 5 amide bonds. The van der Waals surface area contributed by atoms with Gasteiger partial charge < -0.3 is 30.3 Å². The first kappa shape index (κ1) is 38.1. The van der Waals surface area contributed by atoms with Crippen molar-refractivity contribution < 1.29 is 51.8 Å². The average Bonchev–Trinajstić information content (AvgIpc) is 3.12. The summed E-state index contributed by atoms with van der Waals surface area (Å²) < 4.78 is 51.5. The van der Waals surface area contributed by atoms with Crippen LogP contribution < -0.4 is 21.4 Å². The van der Waals surface area contributed by atoms with Crippen LogP contribution in [0.4, 0.5) is 18.0 Å². The molecular weight excluding hydrogens is 663 g/mol. The van der Waals surface area contributed by atoms with Gasteiger partial charge in [-0.15, -0.1) is 0 Å². The zero-order chi connectivity index (χ0) is 36.1. The van der Waals surface area contributed by atoms with Gasteiger partial charge in [-0.05, 0) is 61.3 Å². The van der Waals surface area contributed by atoms with E-state index in [0.29, 0.717) is 44.7 Å². The minimum Gasteiger partial charge on any atom is -0.450 e. The molecular formula is C34H42F3N5O8. The van der Waals surface area contributed by atoms with Crippen LogP contribution in [0.2, 0.25) is 0 Å². The van der Waals surface area contributed by atoms with Crippen LogP contribution in [0.5, 0.6) is 0 Å². The van der Waals surface area contributed by atoms with Crippen molar-refractivity contribution in [3.8, 4) is 11.1 Å². The molecule has 0 bridgehead atoms. The Morgan fingerprint density at radius 3 is 2.34 bits per heavy atom. The quantitative estimate of drug-likeness (QED) is 0.216. The number of nitrogens with one attached hydrogen (secondary N) is 4. The number of nitrogens with zero attached hydrogens (tertiary/aromatic N) is 1. The number of alkyl carbamates (subject to hydrolysis) is 1. The van der Waals surface area contributed by atoms with Gasteiger partial charge in [-0.2, -0.15) is 13.2 Å². The van der Waals surface area contributed by atoms with E-state index >= 15 is 0 Å². The smallest absolute Gasteiger partial charge is 0.417 e. The maximum absolute atomic E-state index is 14.0. The highest BCUT2D eigenvalue weighted by molar-refractivity contribution is 5.93. The Labute approximate surface area is 287 Å². The van der Waals surface area contributed by atoms with Crippen LogP contribution in [-0.2, 0) is 41.2 Å².